The van der Waals surface area contributed by atoms with Crippen molar-refractivity contribution in [3.63, 3.8) is 0 Å². The average Bonchev–Trinajstić information content (AvgIpc) is 3.20. The predicted molar refractivity (Wildman–Crippen MR) is 153 cm³/mol. The molecule has 3 aromatic rings. The fourth-order valence-electron chi connectivity index (χ4n) is 4.00. The lowest BCUT2D eigenvalue weighted by Crippen LogP contribution is -2.36. The number of nitrogens with two attached hydrogens (primary N) is 2. The van der Waals surface area contributed by atoms with E-state index in [1.54, 1.807) is 0 Å². The number of aromatic nitrogens is 6. The van der Waals surface area contributed by atoms with Gasteiger partial charge in [0.1, 0.15) is 36.4 Å². The van der Waals surface area contributed by atoms with Crippen LogP contribution in [-0.2, 0) is 27.2 Å². The molecule has 9 N–H and O–H groups in total. The highest BCUT2D eigenvalue weighted by atomic mass is 32.1. The van der Waals surface area contributed by atoms with Gasteiger partial charge in [0.15, 0.2) is 23.5 Å². The number of thiol groups is 2. The minimum Gasteiger partial charge on any atom is -0.465 e. The van der Waals surface area contributed by atoms with Gasteiger partial charge in [-0.15, -0.1) is 25.3 Å². The van der Waals surface area contributed by atoms with Crippen LogP contribution in [0.3, 0.4) is 0 Å². The lowest BCUT2D eigenvalue weighted by molar-refractivity contribution is -0.0542. The number of phosphoric ester groups is 2. The van der Waals surface area contributed by atoms with E-state index in [0.29, 0.717) is 0 Å². The van der Waals surface area contributed by atoms with Crippen molar-refractivity contribution in [3.05, 3.63) is 43.7 Å². The molecule has 21 nitrogen and oxygen atoms in total. The molecule has 7 atom stereocenters. The molecule has 3 aromatic heterocycles. The summed E-state index contributed by atoms with van der Waals surface area (Å²) >= 11 is 8.55. The molecule has 5 rings (SSSR count). The SMILES string of the molecule is Nc1ccn([C@@H]2O[C@@H](COP(=O)(O)OP(=O)(O)OC[C@H]3Oc4nc5nc(N)[nH]c(=O)c5nc4C(S)=C3S)[C@H](O)[C@H]2O)c(=O)n1. The summed E-state index contributed by atoms with van der Waals surface area (Å²) in [5.74, 6) is -0.551. The van der Waals surface area contributed by atoms with E-state index >= 15 is 0 Å². The number of hydrogen-bond donors (Lipinski definition) is 9. The Hall–Kier alpha value is -2.92. The summed E-state index contributed by atoms with van der Waals surface area (Å²) in [4.78, 5) is 62.2. The van der Waals surface area contributed by atoms with Crippen LogP contribution in [0, 0.1) is 0 Å². The van der Waals surface area contributed by atoms with E-state index < -0.39 is 70.8 Å². The Kier molecular flexibility index (Phi) is 8.94. The average molecular weight is 697 g/mol. The molecule has 25 heteroatoms. The van der Waals surface area contributed by atoms with Crippen LogP contribution in [0.2, 0.25) is 0 Å². The monoisotopic (exact) mass is 696 g/mol. The van der Waals surface area contributed by atoms with E-state index in [1.807, 2.05) is 0 Å². The van der Waals surface area contributed by atoms with Gasteiger partial charge in [0.2, 0.25) is 11.8 Å². The Morgan fingerprint density at radius 2 is 1.70 bits per heavy atom. The molecular weight excluding hydrogens is 674 g/mol. The number of nitrogen functional groups attached to an aromatic ring is 2. The Morgan fingerprint density at radius 1 is 1.02 bits per heavy atom. The van der Waals surface area contributed by atoms with Crippen molar-refractivity contribution in [1.29, 1.82) is 0 Å². The number of H-pyrrole nitrogens is 1. The van der Waals surface area contributed by atoms with Gasteiger partial charge in [-0.2, -0.15) is 19.3 Å². The van der Waals surface area contributed by atoms with Crippen molar-refractivity contribution in [1.82, 2.24) is 29.5 Å². The zero-order chi connectivity index (χ0) is 32.1. The number of aromatic amines is 1. The topological polar surface area (TPSA) is 320 Å². The summed E-state index contributed by atoms with van der Waals surface area (Å²) in [7, 11) is -10.7. The molecule has 0 amide bonds. The standard InChI is InChI=1S/C19H22N8O13P2S2/c20-7-1-2-27(19(31)22-7)17-11(29)10(28)5(39-17)3-36-41(32,33)40-42(34,35)37-4-6-12(43)13(44)8-16(38-6)24-14-9(23-8)15(30)26-18(21)25-14/h1-2,5-6,10-11,17,28-29,43-44H,3-4H2,(H,32,33)(H,34,35)(H2,20,22,31)(H3,21,24,25,26,30)/t5-,6+,10-,11+,17+/m0/s1. The number of phosphoric acid groups is 2. The largest absolute Gasteiger partial charge is 0.481 e. The quantitative estimate of drug-likeness (QED) is 0.0888. The van der Waals surface area contributed by atoms with Crippen LogP contribution in [-0.4, -0.2) is 87.1 Å². The van der Waals surface area contributed by atoms with Crippen molar-refractivity contribution < 1.29 is 52.0 Å². The number of aliphatic hydroxyl groups is 2. The molecule has 2 aliphatic heterocycles. The Morgan fingerprint density at radius 3 is 2.39 bits per heavy atom. The van der Waals surface area contributed by atoms with Gasteiger partial charge in [0.05, 0.1) is 6.61 Å². The zero-order valence-electron chi connectivity index (χ0n) is 21.6. The molecule has 238 valence electrons. The van der Waals surface area contributed by atoms with Gasteiger partial charge in [0, 0.05) is 16.0 Å². The van der Waals surface area contributed by atoms with Crippen LogP contribution in [0.15, 0.2) is 26.8 Å². The van der Waals surface area contributed by atoms with Crippen molar-refractivity contribution in [2.24, 2.45) is 0 Å². The summed E-state index contributed by atoms with van der Waals surface area (Å²) in [6, 6.07) is 1.23. The molecule has 0 aliphatic carbocycles. The van der Waals surface area contributed by atoms with Crippen molar-refractivity contribution >= 4 is 68.7 Å². The molecule has 44 heavy (non-hydrogen) atoms. The maximum Gasteiger partial charge on any atom is 0.481 e. The number of ether oxygens (including phenoxy) is 2. The summed E-state index contributed by atoms with van der Waals surface area (Å²) in [6.07, 6.45) is -6.51. The second-order valence-electron chi connectivity index (χ2n) is 9.04. The van der Waals surface area contributed by atoms with Gasteiger partial charge in [0.25, 0.3) is 5.56 Å². The Balaban J connectivity index is 1.21. The van der Waals surface area contributed by atoms with E-state index in [9.17, 15) is 38.7 Å². The lowest BCUT2D eigenvalue weighted by Gasteiger charge is -2.26. The van der Waals surface area contributed by atoms with Crippen molar-refractivity contribution in [2.45, 2.75) is 30.6 Å². The highest BCUT2D eigenvalue weighted by Crippen LogP contribution is 2.60. The number of aliphatic hydroxyl groups excluding tert-OH is 2. The van der Waals surface area contributed by atoms with Gasteiger partial charge < -0.3 is 40.9 Å². The van der Waals surface area contributed by atoms with Crippen molar-refractivity contribution in [3.8, 4) is 5.88 Å². The molecule has 5 heterocycles. The maximum absolute atomic E-state index is 12.5. The fourth-order valence-corrected chi connectivity index (χ4v) is 6.60. The second kappa shape index (κ2) is 12.1. The molecule has 1 saturated heterocycles. The Bertz CT molecular complexity index is 1880. The van der Waals surface area contributed by atoms with Gasteiger partial charge in [-0.25, -0.2) is 18.9 Å². The first kappa shape index (κ1) is 32.5. The minimum absolute atomic E-state index is 0.00273. The molecule has 0 saturated carbocycles. The molecule has 1 fully saturated rings. The van der Waals surface area contributed by atoms with Crippen molar-refractivity contribution in [2.75, 3.05) is 24.7 Å². The highest BCUT2D eigenvalue weighted by Gasteiger charge is 2.46. The first-order chi connectivity index (χ1) is 20.5. The lowest BCUT2D eigenvalue weighted by atomic mass is 10.1. The fraction of sp³-hybridized carbons (Fsp3) is 0.368. The first-order valence-corrected chi connectivity index (χ1v) is 15.8. The molecule has 0 bridgehead atoms. The Labute approximate surface area is 254 Å². The maximum atomic E-state index is 12.5. The number of anilines is 2. The van der Waals surface area contributed by atoms with Gasteiger partial charge >= 0.3 is 21.3 Å². The second-order valence-corrected chi connectivity index (χ2v) is 13.0. The third-order valence-electron chi connectivity index (χ3n) is 6.01. The molecule has 2 unspecified atom stereocenters. The first-order valence-electron chi connectivity index (χ1n) is 11.9. The van der Waals surface area contributed by atoms with E-state index in [-0.39, 0.29) is 44.3 Å². The zero-order valence-corrected chi connectivity index (χ0v) is 25.2. The summed E-state index contributed by atoms with van der Waals surface area (Å²) < 4.78 is 50.4. The van der Waals surface area contributed by atoms with Crippen LogP contribution in [0.4, 0.5) is 11.8 Å². The number of fused-ring (bicyclic) bond motifs is 2. The molecule has 0 spiro atoms. The summed E-state index contributed by atoms with van der Waals surface area (Å²) in [6.45, 7) is -1.74. The van der Waals surface area contributed by atoms with Gasteiger partial charge in [-0.1, -0.05) is 0 Å². The third-order valence-corrected chi connectivity index (χ3v) is 9.76. The van der Waals surface area contributed by atoms with Crippen LogP contribution in [0.25, 0.3) is 16.1 Å². The third kappa shape index (κ3) is 6.68. The van der Waals surface area contributed by atoms with E-state index in [0.717, 1.165) is 10.8 Å². The highest BCUT2D eigenvalue weighted by molar-refractivity contribution is 7.93. The van der Waals surface area contributed by atoms with Crippen LogP contribution in [0.5, 0.6) is 5.88 Å². The minimum atomic E-state index is -5.38. The molecule has 0 aromatic carbocycles. The van der Waals surface area contributed by atoms with E-state index in [1.165, 1.54) is 6.07 Å². The smallest absolute Gasteiger partial charge is 0.465 e. The number of rotatable bonds is 9. The van der Waals surface area contributed by atoms with Crippen LogP contribution >= 0.6 is 40.9 Å². The van der Waals surface area contributed by atoms with E-state index in [2.05, 4.69) is 59.0 Å². The molecule has 0 radical (unpaired) electrons. The van der Waals surface area contributed by atoms with Gasteiger partial charge in [-0.05, 0) is 6.07 Å². The normalized spacial score (nSPS) is 26.2. The molecular formula is C19H22N8O13P2S2. The summed E-state index contributed by atoms with van der Waals surface area (Å²) in [5, 5.41) is 20.6. The number of nitrogens with one attached hydrogen (secondary N) is 1. The van der Waals surface area contributed by atoms with Gasteiger partial charge in [-0.3, -0.25) is 23.4 Å². The van der Waals surface area contributed by atoms with Crippen LogP contribution in [0.1, 0.15) is 11.9 Å². The number of hydrogen-bond acceptors (Lipinski definition) is 19. The van der Waals surface area contributed by atoms with E-state index in [4.69, 9.17) is 25.5 Å². The summed E-state index contributed by atoms with van der Waals surface area (Å²) in [5.41, 5.74) is 9.01. The molecule has 2 aliphatic rings. The number of nitrogens with zero attached hydrogens (tertiary/aromatic N) is 5. The van der Waals surface area contributed by atoms with Crippen LogP contribution < -0.4 is 27.5 Å². The predicted octanol–water partition coefficient (Wildman–Crippen LogP) is -1.71.